The van der Waals surface area contributed by atoms with Gasteiger partial charge in [0.25, 0.3) is 0 Å². The lowest BCUT2D eigenvalue weighted by Gasteiger charge is -2.29. The molecule has 7 heteroatoms. The molecule has 5 nitrogen and oxygen atoms in total. The minimum absolute atomic E-state index is 0.0407. The first-order chi connectivity index (χ1) is 7.20. The van der Waals surface area contributed by atoms with Crippen molar-refractivity contribution < 1.29 is 14.2 Å². The van der Waals surface area contributed by atoms with Crippen LogP contribution in [0.4, 0.5) is 4.39 Å². The number of aliphatic hydroxyl groups excluding tert-OH is 1. The number of thioether (sulfide) groups is 1. The fourth-order valence-electron chi connectivity index (χ4n) is 1.44. The molecule has 2 aliphatic rings. The van der Waals surface area contributed by atoms with Crippen LogP contribution >= 0.6 is 11.8 Å². The molecule has 1 fully saturated rings. The predicted octanol–water partition coefficient (Wildman–Crippen LogP) is 0.0536. The van der Waals surface area contributed by atoms with Gasteiger partial charge in [-0.25, -0.2) is 9.38 Å². The number of amidine groups is 1. The fraction of sp³-hybridized carbons (Fsp3) is 0.750. The Balaban J connectivity index is 1.95. The van der Waals surface area contributed by atoms with Gasteiger partial charge in [-0.15, -0.1) is 11.8 Å². The summed E-state index contributed by atoms with van der Waals surface area (Å²) >= 11 is 1.49. The highest BCUT2D eigenvalue weighted by Crippen LogP contribution is 2.27. The predicted molar refractivity (Wildman–Crippen MR) is 56.0 cm³/mol. The van der Waals surface area contributed by atoms with Crippen molar-refractivity contribution in [2.75, 3.05) is 18.9 Å². The maximum Gasteiger partial charge on any atom is 0.176 e. The van der Waals surface area contributed by atoms with Gasteiger partial charge in [0.15, 0.2) is 12.0 Å². The van der Waals surface area contributed by atoms with Crippen molar-refractivity contribution in [1.29, 1.82) is 5.41 Å². The maximum atomic E-state index is 13.2. The van der Waals surface area contributed by atoms with E-state index in [0.29, 0.717) is 5.75 Å². The molecule has 0 radical (unpaired) electrons. The summed E-state index contributed by atoms with van der Waals surface area (Å²) in [7, 11) is 0. The lowest BCUT2D eigenvalue weighted by Crippen LogP contribution is -2.45. The van der Waals surface area contributed by atoms with E-state index < -0.39 is 6.17 Å². The van der Waals surface area contributed by atoms with E-state index in [9.17, 15) is 4.39 Å². The van der Waals surface area contributed by atoms with Gasteiger partial charge in [-0.3, -0.25) is 5.41 Å². The quantitative estimate of drug-likeness (QED) is 0.707. The minimum Gasteiger partial charge on any atom is -0.393 e. The number of ether oxygens (including phenoxy) is 1. The Kier molecular flexibility index (Phi) is 3.22. The highest BCUT2D eigenvalue weighted by Gasteiger charge is 2.32. The van der Waals surface area contributed by atoms with Gasteiger partial charge in [0.1, 0.15) is 11.7 Å². The zero-order valence-electron chi connectivity index (χ0n) is 7.97. The van der Waals surface area contributed by atoms with Crippen molar-refractivity contribution in [1.82, 2.24) is 4.90 Å². The Morgan fingerprint density at radius 1 is 1.80 bits per heavy atom. The van der Waals surface area contributed by atoms with Gasteiger partial charge < -0.3 is 14.7 Å². The topological polar surface area (TPSA) is 68.9 Å². The second-order valence-corrected chi connectivity index (χ2v) is 4.52. The molecule has 0 aromatic heterocycles. The first-order valence-electron chi connectivity index (χ1n) is 4.61. The third-order valence-corrected chi connectivity index (χ3v) is 3.38. The summed E-state index contributed by atoms with van der Waals surface area (Å²) in [5.74, 6) is 0.438. The van der Waals surface area contributed by atoms with E-state index in [4.69, 9.17) is 15.3 Å². The van der Waals surface area contributed by atoms with Crippen molar-refractivity contribution in [3.8, 4) is 0 Å². The highest BCUT2D eigenvalue weighted by molar-refractivity contribution is 8.00. The van der Waals surface area contributed by atoms with Crippen LogP contribution in [-0.2, 0) is 4.74 Å². The Morgan fingerprint density at radius 3 is 3.20 bits per heavy atom. The molecule has 0 aliphatic carbocycles. The smallest absolute Gasteiger partial charge is 0.176 e. The van der Waals surface area contributed by atoms with E-state index in [0.717, 1.165) is 0 Å². The molecule has 3 atom stereocenters. The zero-order chi connectivity index (χ0) is 10.8. The van der Waals surface area contributed by atoms with Gasteiger partial charge in [-0.1, -0.05) is 0 Å². The van der Waals surface area contributed by atoms with Crippen LogP contribution in [-0.4, -0.2) is 58.9 Å². The van der Waals surface area contributed by atoms with Crippen LogP contribution in [0.25, 0.3) is 0 Å². The summed E-state index contributed by atoms with van der Waals surface area (Å²) < 4.78 is 18.6. The molecule has 1 saturated heterocycles. The third kappa shape index (κ3) is 2.30. The van der Waals surface area contributed by atoms with Gasteiger partial charge in [-0.05, 0) is 0 Å². The average Bonchev–Trinajstić information content (AvgIpc) is 2.70. The van der Waals surface area contributed by atoms with Gasteiger partial charge in [-0.2, -0.15) is 0 Å². The number of halogens is 1. The van der Waals surface area contributed by atoms with Crippen molar-refractivity contribution in [2.24, 2.45) is 4.99 Å². The number of hydrogen-bond acceptors (Lipinski definition) is 5. The molecule has 0 bridgehead atoms. The number of rotatable bonds is 2. The van der Waals surface area contributed by atoms with Gasteiger partial charge in [0, 0.05) is 5.75 Å². The third-order valence-electron chi connectivity index (χ3n) is 2.27. The summed E-state index contributed by atoms with van der Waals surface area (Å²) in [4.78, 5) is 5.28. The standard InChI is InChI=1S/C8H12FN3O2S/c9-5-1-12(4-11-8(5)10)6-3-15-7(2-13)14-6/h4-7,10,13H,1-3H2/t5?,6-,7+/m0/s1. The monoisotopic (exact) mass is 233 g/mol. The van der Waals surface area contributed by atoms with Crippen molar-refractivity contribution in [2.45, 2.75) is 17.8 Å². The van der Waals surface area contributed by atoms with Crippen LogP contribution in [0.3, 0.4) is 0 Å². The molecule has 0 aromatic carbocycles. The highest BCUT2D eigenvalue weighted by atomic mass is 32.2. The number of nitrogens with one attached hydrogen (secondary N) is 1. The van der Waals surface area contributed by atoms with Gasteiger partial charge in [0.05, 0.1) is 19.5 Å². The van der Waals surface area contributed by atoms with E-state index in [-0.39, 0.29) is 30.7 Å². The normalized spacial score (nSPS) is 36.3. The molecule has 2 rings (SSSR count). The average molecular weight is 233 g/mol. The second-order valence-electron chi connectivity index (χ2n) is 3.33. The first kappa shape index (κ1) is 10.8. The number of alkyl halides is 1. The summed E-state index contributed by atoms with van der Waals surface area (Å²) in [5, 5.41) is 16.0. The van der Waals surface area contributed by atoms with E-state index >= 15 is 0 Å². The molecule has 1 unspecified atom stereocenters. The number of aliphatic imine (C=N–C) groups is 1. The van der Waals surface area contributed by atoms with E-state index in [1.54, 1.807) is 4.90 Å². The van der Waals surface area contributed by atoms with Crippen LogP contribution in [0, 0.1) is 5.41 Å². The molecule has 0 amide bonds. The second kappa shape index (κ2) is 4.46. The van der Waals surface area contributed by atoms with Crippen LogP contribution < -0.4 is 0 Å². The number of aliphatic hydroxyl groups is 1. The SMILES string of the molecule is N=C1N=CN([C@@H]2CS[C@H](CO)O2)CC1F. The Labute approximate surface area is 90.8 Å². The Bertz CT molecular complexity index is 289. The molecule has 2 N–H and O–H groups in total. The molecule has 15 heavy (non-hydrogen) atoms. The van der Waals surface area contributed by atoms with Crippen molar-refractivity contribution in [3.05, 3.63) is 0 Å². The summed E-state index contributed by atoms with van der Waals surface area (Å²) in [6, 6.07) is 0. The maximum absolute atomic E-state index is 13.2. The summed E-state index contributed by atoms with van der Waals surface area (Å²) in [5.41, 5.74) is -0.233. The van der Waals surface area contributed by atoms with E-state index in [1.807, 2.05) is 0 Å². The van der Waals surface area contributed by atoms with Gasteiger partial charge >= 0.3 is 0 Å². The number of hydrogen-bond donors (Lipinski definition) is 2. The zero-order valence-corrected chi connectivity index (χ0v) is 8.78. The molecule has 0 aromatic rings. The van der Waals surface area contributed by atoms with Gasteiger partial charge in [0.2, 0.25) is 0 Å². The molecule has 0 saturated carbocycles. The molecular weight excluding hydrogens is 221 g/mol. The largest absolute Gasteiger partial charge is 0.393 e. The Hall–Kier alpha value is -0.660. The lowest BCUT2D eigenvalue weighted by molar-refractivity contribution is -0.0290. The number of nitrogens with zero attached hydrogens (tertiary/aromatic N) is 2. The molecule has 84 valence electrons. The summed E-state index contributed by atoms with van der Waals surface area (Å²) in [6.07, 6.45) is -0.164. The first-order valence-corrected chi connectivity index (χ1v) is 5.66. The molecule has 0 spiro atoms. The van der Waals surface area contributed by atoms with Crippen molar-refractivity contribution in [3.63, 3.8) is 0 Å². The lowest BCUT2D eigenvalue weighted by atomic mass is 10.3. The Morgan fingerprint density at radius 2 is 2.60 bits per heavy atom. The van der Waals surface area contributed by atoms with Crippen LogP contribution in [0.15, 0.2) is 4.99 Å². The van der Waals surface area contributed by atoms with Crippen LogP contribution in [0.1, 0.15) is 0 Å². The van der Waals surface area contributed by atoms with Crippen LogP contribution in [0.2, 0.25) is 0 Å². The minimum atomic E-state index is -1.35. The fourth-order valence-corrected chi connectivity index (χ4v) is 2.40. The summed E-state index contributed by atoms with van der Waals surface area (Å²) in [6.45, 7) is 0.0622. The molecule has 2 aliphatic heterocycles. The van der Waals surface area contributed by atoms with E-state index in [2.05, 4.69) is 4.99 Å². The van der Waals surface area contributed by atoms with Crippen LogP contribution in [0.5, 0.6) is 0 Å². The molecular formula is C8H12FN3O2S. The van der Waals surface area contributed by atoms with Crippen molar-refractivity contribution >= 4 is 23.9 Å². The van der Waals surface area contributed by atoms with E-state index in [1.165, 1.54) is 18.1 Å². The molecule has 2 heterocycles.